The number of anilines is 1. The van der Waals surface area contributed by atoms with Crippen molar-refractivity contribution in [2.75, 3.05) is 11.9 Å². The second kappa shape index (κ2) is 9.19. The SMILES string of the molecule is CCOc1ccccc1C(=O)N[C@@H](C(=O)Nc1cnc2ccccc2c1)C(C)C. The minimum atomic E-state index is -0.705. The van der Waals surface area contributed by atoms with Gasteiger partial charge >= 0.3 is 0 Å². The molecule has 0 spiro atoms. The fraction of sp³-hybridized carbons (Fsp3) is 0.261. The van der Waals surface area contributed by atoms with Crippen LogP contribution in [0, 0.1) is 5.92 Å². The molecule has 2 N–H and O–H groups in total. The third kappa shape index (κ3) is 4.90. The Balaban J connectivity index is 1.76. The second-order valence-corrected chi connectivity index (χ2v) is 7.03. The van der Waals surface area contributed by atoms with Gasteiger partial charge in [0.1, 0.15) is 11.8 Å². The number of benzene rings is 2. The molecule has 6 nitrogen and oxygen atoms in total. The smallest absolute Gasteiger partial charge is 0.255 e. The summed E-state index contributed by atoms with van der Waals surface area (Å²) in [5, 5.41) is 6.63. The van der Waals surface area contributed by atoms with Gasteiger partial charge in [-0.15, -0.1) is 0 Å². The second-order valence-electron chi connectivity index (χ2n) is 7.03. The Kier molecular flexibility index (Phi) is 6.44. The Bertz CT molecular complexity index is 1020. The lowest BCUT2D eigenvalue weighted by molar-refractivity contribution is -0.118. The van der Waals surface area contributed by atoms with Gasteiger partial charge in [-0.1, -0.05) is 44.2 Å². The number of nitrogens with zero attached hydrogens (tertiary/aromatic N) is 1. The molecule has 3 aromatic rings. The molecule has 0 aliphatic heterocycles. The Morgan fingerprint density at radius 2 is 1.79 bits per heavy atom. The number of ether oxygens (including phenoxy) is 1. The standard InChI is InChI=1S/C23H25N3O3/c1-4-29-20-12-8-6-10-18(20)22(27)26-21(15(2)3)23(28)25-17-13-16-9-5-7-11-19(16)24-14-17/h5-15,21H,4H2,1-3H3,(H,25,28)(H,26,27)/t21-/m1/s1. The summed E-state index contributed by atoms with van der Waals surface area (Å²) in [5.41, 5.74) is 1.84. The molecule has 6 heteroatoms. The zero-order valence-electron chi connectivity index (χ0n) is 16.8. The average molecular weight is 391 g/mol. The van der Waals surface area contributed by atoms with Gasteiger partial charge in [-0.25, -0.2) is 0 Å². The number of hydrogen-bond donors (Lipinski definition) is 2. The van der Waals surface area contributed by atoms with Gasteiger partial charge in [0, 0.05) is 5.39 Å². The number of aromatic nitrogens is 1. The first-order valence-electron chi connectivity index (χ1n) is 9.68. The van der Waals surface area contributed by atoms with Crippen LogP contribution < -0.4 is 15.4 Å². The minimum Gasteiger partial charge on any atom is -0.493 e. The van der Waals surface area contributed by atoms with E-state index in [1.807, 2.05) is 51.1 Å². The summed E-state index contributed by atoms with van der Waals surface area (Å²) in [6.07, 6.45) is 1.61. The van der Waals surface area contributed by atoms with E-state index in [2.05, 4.69) is 15.6 Å². The molecule has 0 aliphatic rings. The molecule has 2 amide bonds. The molecule has 0 saturated heterocycles. The molecule has 0 fully saturated rings. The lowest BCUT2D eigenvalue weighted by Gasteiger charge is -2.22. The zero-order chi connectivity index (χ0) is 20.8. The van der Waals surface area contributed by atoms with Crippen LogP contribution in [0.25, 0.3) is 10.9 Å². The number of hydrogen-bond acceptors (Lipinski definition) is 4. The summed E-state index contributed by atoms with van der Waals surface area (Å²) in [4.78, 5) is 30.0. The molecule has 0 bridgehead atoms. The maximum Gasteiger partial charge on any atom is 0.255 e. The number of amides is 2. The van der Waals surface area contributed by atoms with Crippen molar-refractivity contribution < 1.29 is 14.3 Å². The first-order chi connectivity index (χ1) is 14.0. The van der Waals surface area contributed by atoms with E-state index in [4.69, 9.17) is 4.74 Å². The highest BCUT2D eigenvalue weighted by Gasteiger charge is 2.26. The Morgan fingerprint density at radius 1 is 1.07 bits per heavy atom. The lowest BCUT2D eigenvalue weighted by Crippen LogP contribution is -2.47. The molecule has 0 saturated carbocycles. The number of nitrogens with one attached hydrogen (secondary N) is 2. The molecule has 1 heterocycles. The summed E-state index contributed by atoms with van der Waals surface area (Å²) < 4.78 is 5.53. The number of pyridine rings is 1. The van der Waals surface area contributed by atoms with Crippen molar-refractivity contribution in [2.24, 2.45) is 5.92 Å². The molecule has 3 rings (SSSR count). The van der Waals surface area contributed by atoms with Gasteiger partial charge in [-0.2, -0.15) is 0 Å². The summed E-state index contributed by atoms with van der Waals surface area (Å²) in [5.74, 6) is -0.250. The Hall–Kier alpha value is -3.41. The third-order valence-electron chi connectivity index (χ3n) is 4.53. The summed E-state index contributed by atoms with van der Waals surface area (Å²) in [6, 6.07) is 15.8. The number of carbonyl (C=O) groups is 2. The monoisotopic (exact) mass is 391 g/mol. The van der Waals surface area contributed by atoms with Crippen LogP contribution in [0.1, 0.15) is 31.1 Å². The first kappa shape index (κ1) is 20.3. The molecule has 0 radical (unpaired) electrons. The van der Waals surface area contributed by atoms with Gasteiger partial charge in [-0.05, 0) is 37.1 Å². The van der Waals surface area contributed by atoms with E-state index in [9.17, 15) is 9.59 Å². The quantitative estimate of drug-likeness (QED) is 0.637. The van der Waals surface area contributed by atoms with Crippen molar-refractivity contribution in [3.05, 3.63) is 66.4 Å². The number of fused-ring (bicyclic) bond motifs is 1. The molecule has 29 heavy (non-hydrogen) atoms. The van der Waals surface area contributed by atoms with Crippen LogP contribution >= 0.6 is 0 Å². The van der Waals surface area contributed by atoms with Gasteiger partial charge in [0.05, 0.1) is 29.6 Å². The van der Waals surface area contributed by atoms with Crippen LogP contribution in [0.4, 0.5) is 5.69 Å². The van der Waals surface area contributed by atoms with Crippen molar-refractivity contribution in [2.45, 2.75) is 26.8 Å². The van der Waals surface area contributed by atoms with Crippen molar-refractivity contribution in [3.8, 4) is 5.75 Å². The molecular weight excluding hydrogens is 366 g/mol. The highest BCUT2D eigenvalue weighted by Crippen LogP contribution is 2.20. The third-order valence-corrected chi connectivity index (χ3v) is 4.53. The maximum absolute atomic E-state index is 12.9. The summed E-state index contributed by atoms with van der Waals surface area (Å²) in [7, 11) is 0. The van der Waals surface area contributed by atoms with E-state index in [1.54, 1.807) is 30.5 Å². The van der Waals surface area contributed by atoms with Crippen LogP contribution in [0.5, 0.6) is 5.75 Å². The number of rotatable bonds is 7. The number of para-hydroxylation sites is 2. The zero-order valence-corrected chi connectivity index (χ0v) is 16.8. The van der Waals surface area contributed by atoms with Crippen molar-refractivity contribution in [1.82, 2.24) is 10.3 Å². The van der Waals surface area contributed by atoms with Crippen LogP contribution in [-0.4, -0.2) is 29.4 Å². The first-order valence-corrected chi connectivity index (χ1v) is 9.68. The molecule has 1 atom stereocenters. The Morgan fingerprint density at radius 3 is 2.55 bits per heavy atom. The molecule has 150 valence electrons. The van der Waals surface area contributed by atoms with Crippen LogP contribution in [-0.2, 0) is 4.79 Å². The fourth-order valence-electron chi connectivity index (χ4n) is 3.05. The fourth-order valence-corrected chi connectivity index (χ4v) is 3.05. The van der Waals surface area contributed by atoms with Crippen molar-refractivity contribution in [3.63, 3.8) is 0 Å². The van der Waals surface area contributed by atoms with Crippen LogP contribution in [0.3, 0.4) is 0 Å². The lowest BCUT2D eigenvalue weighted by atomic mass is 10.0. The molecule has 0 unspecified atom stereocenters. The molecule has 2 aromatic carbocycles. The number of carbonyl (C=O) groups excluding carboxylic acids is 2. The Labute approximate surface area is 170 Å². The van der Waals surface area contributed by atoms with Crippen LogP contribution in [0.2, 0.25) is 0 Å². The van der Waals surface area contributed by atoms with Gasteiger partial charge < -0.3 is 15.4 Å². The largest absolute Gasteiger partial charge is 0.493 e. The topological polar surface area (TPSA) is 80.3 Å². The molecule has 0 aliphatic carbocycles. The minimum absolute atomic E-state index is 0.105. The highest BCUT2D eigenvalue weighted by molar-refractivity contribution is 6.03. The summed E-state index contributed by atoms with van der Waals surface area (Å²) >= 11 is 0. The van der Waals surface area contributed by atoms with Crippen LogP contribution in [0.15, 0.2) is 60.8 Å². The van der Waals surface area contributed by atoms with E-state index in [-0.39, 0.29) is 17.7 Å². The van der Waals surface area contributed by atoms with E-state index in [1.165, 1.54) is 0 Å². The average Bonchev–Trinajstić information content (AvgIpc) is 2.72. The van der Waals surface area contributed by atoms with E-state index >= 15 is 0 Å². The normalized spacial score (nSPS) is 11.9. The van der Waals surface area contributed by atoms with Gasteiger partial charge in [0.2, 0.25) is 5.91 Å². The van der Waals surface area contributed by atoms with E-state index in [0.717, 1.165) is 10.9 Å². The summed E-state index contributed by atoms with van der Waals surface area (Å²) in [6.45, 7) is 6.08. The maximum atomic E-state index is 12.9. The predicted molar refractivity (Wildman–Crippen MR) is 114 cm³/mol. The van der Waals surface area contributed by atoms with Gasteiger partial charge in [0.15, 0.2) is 0 Å². The van der Waals surface area contributed by atoms with Crippen molar-refractivity contribution >= 4 is 28.4 Å². The molecular formula is C23H25N3O3. The van der Waals surface area contributed by atoms with Gasteiger partial charge in [-0.3, -0.25) is 14.6 Å². The predicted octanol–water partition coefficient (Wildman–Crippen LogP) is 4.03. The highest BCUT2D eigenvalue weighted by atomic mass is 16.5. The van der Waals surface area contributed by atoms with Crippen molar-refractivity contribution in [1.29, 1.82) is 0 Å². The molecule has 1 aromatic heterocycles. The van der Waals surface area contributed by atoms with E-state index in [0.29, 0.717) is 23.6 Å². The van der Waals surface area contributed by atoms with Gasteiger partial charge in [0.25, 0.3) is 5.91 Å². The van der Waals surface area contributed by atoms with E-state index < -0.39 is 6.04 Å².